The lowest BCUT2D eigenvalue weighted by Gasteiger charge is -2.13. The van der Waals surface area contributed by atoms with E-state index in [1.807, 2.05) is 24.4 Å². The van der Waals surface area contributed by atoms with Gasteiger partial charge < -0.3 is 10.1 Å². The zero-order valence-electron chi connectivity index (χ0n) is 14.9. The van der Waals surface area contributed by atoms with E-state index in [1.165, 1.54) is 0 Å². The Balaban J connectivity index is 1.52. The van der Waals surface area contributed by atoms with Crippen molar-refractivity contribution < 1.29 is 13.5 Å². The number of nitrogens with one attached hydrogen (secondary N) is 2. The Morgan fingerprint density at radius 2 is 1.75 bits per heavy atom. The maximum absolute atomic E-state index is 12.5. The number of nitrogens with zero attached hydrogens (tertiary/aromatic N) is 1. The molecule has 0 aliphatic rings. The van der Waals surface area contributed by atoms with Crippen LogP contribution >= 0.6 is 0 Å². The fourth-order valence-corrected chi connectivity index (χ4v) is 4.13. The van der Waals surface area contributed by atoms with Crippen LogP contribution in [0.1, 0.15) is 11.7 Å². The van der Waals surface area contributed by atoms with E-state index in [-0.39, 0.29) is 11.4 Å². The Morgan fingerprint density at radius 3 is 2.50 bits per heavy atom. The van der Waals surface area contributed by atoms with Crippen LogP contribution in [0, 0.1) is 0 Å². The number of aliphatic hydroxyl groups is 1. The molecule has 0 saturated carbocycles. The Morgan fingerprint density at radius 1 is 1.00 bits per heavy atom. The van der Waals surface area contributed by atoms with Gasteiger partial charge in [0.1, 0.15) is 5.65 Å². The molecule has 0 unspecified atom stereocenters. The number of hydrogen-bond acceptors (Lipinski definition) is 4. The first kappa shape index (κ1) is 18.4. The second-order valence-corrected chi connectivity index (χ2v) is 8.17. The van der Waals surface area contributed by atoms with E-state index in [1.54, 1.807) is 54.7 Å². The monoisotopic (exact) mass is 393 g/mol. The molecule has 2 heterocycles. The van der Waals surface area contributed by atoms with E-state index in [0.717, 1.165) is 22.2 Å². The van der Waals surface area contributed by atoms with Crippen LogP contribution in [0.2, 0.25) is 0 Å². The number of benzene rings is 2. The number of H-pyrrole nitrogens is 1. The number of aromatic nitrogens is 2. The van der Waals surface area contributed by atoms with Crippen LogP contribution in [0.15, 0.2) is 84.0 Å². The highest BCUT2D eigenvalue weighted by Crippen LogP contribution is 2.27. The Kier molecular flexibility index (Phi) is 4.95. The van der Waals surface area contributed by atoms with Crippen molar-refractivity contribution in [1.82, 2.24) is 14.7 Å². The second kappa shape index (κ2) is 7.55. The molecule has 4 rings (SSSR count). The molecule has 4 aromatic rings. The molecule has 0 radical (unpaired) electrons. The number of pyridine rings is 1. The van der Waals surface area contributed by atoms with Crippen LogP contribution in [-0.4, -0.2) is 30.0 Å². The summed E-state index contributed by atoms with van der Waals surface area (Å²) in [5, 5.41) is 11.1. The normalized spacial score (nSPS) is 12.9. The number of sulfonamides is 1. The lowest BCUT2D eigenvalue weighted by atomic mass is 10.0. The second-order valence-electron chi connectivity index (χ2n) is 6.40. The van der Waals surface area contributed by atoms with E-state index in [9.17, 15) is 13.5 Å². The predicted molar refractivity (Wildman–Crippen MR) is 108 cm³/mol. The lowest BCUT2D eigenvalue weighted by Crippen LogP contribution is -2.28. The van der Waals surface area contributed by atoms with Gasteiger partial charge in [-0.1, -0.05) is 42.5 Å². The molecule has 0 spiro atoms. The van der Waals surface area contributed by atoms with Crippen LogP contribution in [0.5, 0.6) is 0 Å². The summed E-state index contributed by atoms with van der Waals surface area (Å²) in [7, 11) is -3.72. The van der Waals surface area contributed by atoms with Gasteiger partial charge in [0.05, 0.1) is 11.0 Å². The van der Waals surface area contributed by atoms with Crippen molar-refractivity contribution in [3.63, 3.8) is 0 Å². The summed E-state index contributed by atoms with van der Waals surface area (Å²) in [5.41, 5.74) is 3.32. The summed E-state index contributed by atoms with van der Waals surface area (Å²) in [6.07, 6.45) is 2.63. The number of fused-ring (bicyclic) bond motifs is 1. The first-order valence-corrected chi connectivity index (χ1v) is 10.3. The molecule has 2 aromatic carbocycles. The summed E-state index contributed by atoms with van der Waals surface area (Å²) < 4.78 is 27.6. The predicted octanol–water partition coefficient (Wildman–Crippen LogP) is 3.24. The van der Waals surface area contributed by atoms with E-state index in [2.05, 4.69) is 14.7 Å². The third-order valence-electron chi connectivity index (χ3n) is 4.59. The van der Waals surface area contributed by atoms with Gasteiger partial charge in [0.15, 0.2) is 0 Å². The molecule has 0 aliphatic heterocycles. The number of aromatic amines is 1. The molecule has 7 heteroatoms. The Hall–Kier alpha value is -3.00. The smallest absolute Gasteiger partial charge is 0.240 e. The lowest BCUT2D eigenvalue weighted by molar-refractivity contribution is 0.182. The highest BCUT2D eigenvalue weighted by molar-refractivity contribution is 7.89. The molecule has 28 heavy (non-hydrogen) atoms. The van der Waals surface area contributed by atoms with Crippen molar-refractivity contribution in [3.8, 4) is 11.1 Å². The van der Waals surface area contributed by atoms with E-state index >= 15 is 0 Å². The molecule has 6 nitrogen and oxygen atoms in total. The summed E-state index contributed by atoms with van der Waals surface area (Å²) >= 11 is 0. The van der Waals surface area contributed by atoms with Crippen molar-refractivity contribution in [2.24, 2.45) is 0 Å². The van der Waals surface area contributed by atoms with Crippen molar-refractivity contribution in [2.45, 2.75) is 11.0 Å². The SMILES string of the molecule is O=S(=O)(NC[C@H](O)c1ccccc1)c1ccc(-c2ccnc3[nH]ccc23)cc1. The average Bonchev–Trinajstić information content (AvgIpc) is 3.22. The third-order valence-corrected chi connectivity index (χ3v) is 6.03. The Labute approximate surface area is 162 Å². The largest absolute Gasteiger partial charge is 0.387 e. The first-order chi connectivity index (χ1) is 13.5. The van der Waals surface area contributed by atoms with Crippen molar-refractivity contribution in [3.05, 3.63) is 84.7 Å². The quantitative estimate of drug-likeness (QED) is 0.469. The average molecular weight is 393 g/mol. The van der Waals surface area contributed by atoms with Gasteiger partial charge in [-0.05, 0) is 41.0 Å². The molecule has 0 saturated heterocycles. The van der Waals surface area contributed by atoms with Gasteiger partial charge in [-0.2, -0.15) is 0 Å². The molecule has 2 aromatic heterocycles. The fourth-order valence-electron chi connectivity index (χ4n) is 3.09. The van der Waals surface area contributed by atoms with E-state index < -0.39 is 16.1 Å². The van der Waals surface area contributed by atoms with Gasteiger partial charge in [-0.25, -0.2) is 18.1 Å². The standard InChI is InChI=1S/C21H19N3O3S/c25-20(16-4-2-1-3-5-16)14-24-28(26,27)17-8-6-15(7-9-17)18-10-12-22-21-19(18)11-13-23-21/h1-13,20,24-25H,14H2,(H,22,23)/t20-/m0/s1. The van der Waals surface area contributed by atoms with Crippen LogP contribution < -0.4 is 4.72 Å². The highest BCUT2D eigenvalue weighted by Gasteiger charge is 2.17. The molecular weight excluding hydrogens is 374 g/mol. The molecule has 3 N–H and O–H groups in total. The Bertz CT molecular complexity index is 1190. The van der Waals surface area contributed by atoms with Crippen molar-refractivity contribution in [2.75, 3.05) is 6.54 Å². The minimum Gasteiger partial charge on any atom is -0.387 e. The summed E-state index contributed by atoms with van der Waals surface area (Å²) in [6.45, 7) is -0.0948. The van der Waals surface area contributed by atoms with Crippen molar-refractivity contribution >= 4 is 21.1 Å². The highest BCUT2D eigenvalue weighted by atomic mass is 32.2. The maximum atomic E-state index is 12.5. The van der Waals surface area contributed by atoms with E-state index in [4.69, 9.17) is 0 Å². The van der Waals surface area contributed by atoms with Crippen LogP contribution in [0.4, 0.5) is 0 Å². The zero-order valence-corrected chi connectivity index (χ0v) is 15.7. The van der Waals surface area contributed by atoms with Crippen LogP contribution in [0.25, 0.3) is 22.2 Å². The molecule has 142 valence electrons. The topological polar surface area (TPSA) is 95.1 Å². The molecule has 0 amide bonds. The molecular formula is C21H19N3O3S. The summed E-state index contributed by atoms with van der Waals surface area (Å²) in [5.74, 6) is 0. The minimum atomic E-state index is -3.72. The number of aliphatic hydroxyl groups excluding tert-OH is 1. The zero-order chi connectivity index (χ0) is 19.6. The van der Waals surface area contributed by atoms with Gasteiger partial charge in [0.2, 0.25) is 10.0 Å². The molecule has 0 aliphatic carbocycles. The van der Waals surface area contributed by atoms with Gasteiger partial charge in [-0.15, -0.1) is 0 Å². The summed E-state index contributed by atoms with van der Waals surface area (Å²) in [6, 6.07) is 19.4. The first-order valence-electron chi connectivity index (χ1n) is 8.80. The number of rotatable bonds is 6. The third kappa shape index (κ3) is 3.68. The van der Waals surface area contributed by atoms with Gasteiger partial charge in [-0.3, -0.25) is 0 Å². The fraction of sp³-hybridized carbons (Fsp3) is 0.0952. The minimum absolute atomic E-state index is 0.0948. The van der Waals surface area contributed by atoms with Gasteiger partial charge >= 0.3 is 0 Å². The number of hydrogen-bond donors (Lipinski definition) is 3. The van der Waals surface area contributed by atoms with Crippen LogP contribution in [0.3, 0.4) is 0 Å². The van der Waals surface area contributed by atoms with Crippen molar-refractivity contribution in [1.29, 1.82) is 0 Å². The summed E-state index contributed by atoms with van der Waals surface area (Å²) in [4.78, 5) is 7.48. The van der Waals surface area contributed by atoms with Gasteiger partial charge in [0, 0.05) is 24.3 Å². The molecule has 0 bridgehead atoms. The molecule has 0 fully saturated rings. The van der Waals surface area contributed by atoms with Crippen LogP contribution in [-0.2, 0) is 10.0 Å². The van der Waals surface area contributed by atoms with Gasteiger partial charge in [0.25, 0.3) is 0 Å². The maximum Gasteiger partial charge on any atom is 0.240 e. The molecule has 1 atom stereocenters. The van der Waals surface area contributed by atoms with E-state index in [0.29, 0.717) is 5.56 Å².